The Kier molecular flexibility index (Phi) is 10.8. The van der Waals surface area contributed by atoms with Gasteiger partial charge in [0.2, 0.25) is 5.43 Å². The molecule has 0 aliphatic heterocycles. The van der Waals surface area contributed by atoms with Crippen LogP contribution >= 0.6 is 22.6 Å². The summed E-state index contributed by atoms with van der Waals surface area (Å²) in [7, 11) is 3.06. The summed E-state index contributed by atoms with van der Waals surface area (Å²) < 4.78 is 47.8. The number of hydrogen-bond acceptors (Lipinski definition) is 5. The predicted octanol–water partition coefficient (Wildman–Crippen LogP) is 7.33. The van der Waals surface area contributed by atoms with Gasteiger partial charge in [0.15, 0.2) is 0 Å². The van der Waals surface area contributed by atoms with Gasteiger partial charge < -0.3 is 23.7 Å². The maximum absolute atomic E-state index is 14.0. The molecule has 1 heterocycles. The van der Waals surface area contributed by atoms with E-state index in [0.717, 1.165) is 41.9 Å². The van der Waals surface area contributed by atoms with Crippen molar-refractivity contribution in [2.45, 2.75) is 32.6 Å². The number of benzene rings is 3. The molecule has 0 unspecified atom stereocenters. The van der Waals surface area contributed by atoms with Crippen LogP contribution in [-0.2, 0) is 0 Å². The summed E-state index contributed by atoms with van der Waals surface area (Å²) in [5, 5.41) is 0.276. The van der Waals surface area contributed by atoms with Crippen molar-refractivity contribution in [2.75, 3.05) is 36.7 Å². The predicted molar refractivity (Wildman–Crippen MR) is 169 cm³/mol. The van der Waals surface area contributed by atoms with E-state index in [1.165, 1.54) is 31.7 Å². The number of hydrogen-bond donors (Lipinski definition) is 0. The lowest BCUT2D eigenvalue weighted by Gasteiger charge is -2.22. The molecule has 4 aromatic rings. The van der Waals surface area contributed by atoms with Crippen molar-refractivity contribution in [3.8, 4) is 22.9 Å². The Balaban J connectivity index is 1.84. The number of aromatic nitrogens is 1. The first kappa shape index (κ1) is 31.3. The molecule has 0 saturated heterocycles. The molecule has 0 spiro atoms. The van der Waals surface area contributed by atoms with E-state index >= 15 is 0 Å². The van der Waals surface area contributed by atoms with E-state index in [9.17, 15) is 18.4 Å². The standard InChI is InChI=1S/C32H33F2IN2O5/c1-4-36(23-14-21(33)13-22(34)15-23)32(39)29-20-37(24-16-26(40-2)18-27(17-24)41-3)30-19-25(9-10-28(30)31(29)38)42-12-8-6-5-7-11-35/h9-10,13-20H,4-8,11-12H2,1-3H3. The number of alkyl halides is 1. The van der Waals surface area contributed by atoms with Gasteiger partial charge >= 0.3 is 0 Å². The highest BCUT2D eigenvalue weighted by atomic mass is 127. The molecule has 42 heavy (non-hydrogen) atoms. The molecule has 1 amide bonds. The number of pyridine rings is 1. The number of nitrogens with zero attached hydrogens (tertiary/aromatic N) is 2. The third-order valence-corrected chi connectivity index (χ3v) is 7.60. The fourth-order valence-electron chi connectivity index (χ4n) is 4.72. The minimum Gasteiger partial charge on any atom is -0.497 e. The van der Waals surface area contributed by atoms with Crippen molar-refractivity contribution >= 4 is 45.1 Å². The van der Waals surface area contributed by atoms with Crippen LogP contribution < -0.4 is 24.5 Å². The van der Waals surface area contributed by atoms with E-state index in [-0.39, 0.29) is 23.2 Å². The second kappa shape index (κ2) is 14.5. The second-order valence-corrected chi connectivity index (χ2v) is 10.7. The molecule has 222 valence electrons. The summed E-state index contributed by atoms with van der Waals surface area (Å²) in [5.74, 6) is -0.739. The van der Waals surface area contributed by atoms with Crippen LogP contribution in [0.3, 0.4) is 0 Å². The Morgan fingerprint density at radius 2 is 1.55 bits per heavy atom. The molecule has 7 nitrogen and oxygen atoms in total. The smallest absolute Gasteiger partial charge is 0.263 e. The Bertz CT molecular complexity index is 1580. The Morgan fingerprint density at radius 3 is 2.17 bits per heavy atom. The van der Waals surface area contributed by atoms with Gasteiger partial charge in [0.05, 0.1) is 32.0 Å². The van der Waals surface area contributed by atoms with E-state index in [2.05, 4.69) is 22.6 Å². The summed E-state index contributed by atoms with van der Waals surface area (Å²) >= 11 is 2.37. The third-order valence-electron chi connectivity index (χ3n) is 6.84. The second-order valence-electron chi connectivity index (χ2n) is 9.62. The highest BCUT2D eigenvalue weighted by Gasteiger charge is 2.23. The van der Waals surface area contributed by atoms with Crippen LogP contribution in [0, 0.1) is 11.6 Å². The largest absolute Gasteiger partial charge is 0.497 e. The van der Waals surface area contributed by atoms with E-state index in [1.54, 1.807) is 47.9 Å². The highest BCUT2D eigenvalue weighted by Crippen LogP contribution is 2.29. The van der Waals surface area contributed by atoms with Crippen molar-refractivity contribution in [3.05, 3.63) is 88.2 Å². The lowest BCUT2D eigenvalue weighted by atomic mass is 10.1. The third kappa shape index (κ3) is 7.21. The maximum atomic E-state index is 14.0. The zero-order chi connectivity index (χ0) is 30.2. The average molecular weight is 691 g/mol. The van der Waals surface area contributed by atoms with Crippen LogP contribution in [0.5, 0.6) is 17.2 Å². The zero-order valence-electron chi connectivity index (χ0n) is 23.8. The number of carbonyl (C=O) groups is 1. The molecule has 1 aromatic heterocycles. The number of unbranched alkanes of at least 4 members (excludes halogenated alkanes) is 3. The number of halogens is 3. The van der Waals surface area contributed by atoms with Gasteiger partial charge in [-0.25, -0.2) is 8.78 Å². The number of methoxy groups -OCH3 is 2. The van der Waals surface area contributed by atoms with Gasteiger partial charge in [0.25, 0.3) is 5.91 Å². The Labute approximate surface area is 257 Å². The SMILES string of the molecule is CCN(C(=O)c1cn(-c2cc(OC)cc(OC)c2)c2cc(OCCCCCCI)ccc2c1=O)c1cc(F)cc(F)c1. The van der Waals surface area contributed by atoms with Crippen molar-refractivity contribution in [3.63, 3.8) is 0 Å². The molecule has 0 N–H and O–H groups in total. The summed E-state index contributed by atoms with van der Waals surface area (Å²) in [6.45, 7) is 2.28. The highest BCUT2D eigenvalue weighted by molar-refractivity contribution is 14.1. The minimum absolute atomic E-state index is 0.0105. The van der Waals surface area contributed by atoms with Gasteiger partial charge in [0.1, 0.15) is 34.4 Å². The van der Waals surface area contributed by atoms with Crippen molar-refractivity contribution in [2.24, 2.45) is 0 Å². The monoisotopic (exact) mass is 690 g/mol. The van der Waals surface area contributed by atoms with Crippen LogP contribution in [-0.4, -0.2) is 42.3 Å². The molecule has 3 aromatic carbocycles. The molecule has 0 bridgehead atoms. The molecular formula is C32H33F2IN2O5. The van der Waals surface area contributed by atoms with E-state index in [1.807, 2.05) is 0 Å². The van der Waals surface area contributed by atoms with E-state index in [4.69, 9.17) is 14.2 Å². The van der Waals surface area contributed by atoms with Gasteiger partial charge in [-0.15, -0.1) is 0 Å². The minimum atomic E-state index is -0.826. The molecule has 0 aliphatic carbocycles. The number of ether oxygens (including phenoxy) is 3. The van der Waals surface area contributed by atoms with Crippen LogP contribution in [0.1, 0.15) is 43.0 Å². The maximum Gasteiger partial charge on any atom is 0.263 e. The van der Waals surface area contributed by atoms with Gasteiger partial charge in [-0.1, -0.05) is 35.4 Å². The van der Waals surface area contributed by atoms with Crippen LogP contribution in [0.25, 0.3) is 16.6 Å². The first-order valence-corrected chi connectivity index (χ1v) is 15.2. The van der Waals surface area contributed by atoms with Gasteiger partial charge in [0, 0.05) is 54.1 Å². The van der Waals surface area contributed by atoms with Crippen molar-refractivity contribution in [1.29, 1.82) is 0 Å². The molecule has 0 radical (unpaired) electrons. The Hall–Kier alpha value is -3.67. The summed E-state index contributed by atoms with van der Waals surface area (Å²) in [6.07, 6.45) is 5.74. The van der Waals surface area contributed by atoms with Crippen molar-refractivity contribution < 1.29 is 27.8 Å². The number of carbonyl (C=O) groups excluding carboxylic acids is 1. The zero-order valence-corrected chi connectivity index (χ0v) is 26.0. The van der Waals surface area contributed by atoms with Gasteiger partial charge in [-0.3, -0.25) is 9.59 Å². The molecule has 0 atom stereocenters. The first-order valence-electron chi connectivity index (χ1n) is 13.7. The number of anilines is 1. The van der Waals surface area contributed by atoms with Crippen molar-refractivity contribution in [1.82, 2.24) is 4.57 Å². The van der Waals surface area contributed by atoms with Crippen LogP contribution in [0.2, 0.25) is 0 Å². The molecular weight excluding hydrogens is 657 g/mol. The quantitative estimate of drug-likeness (QED) is 0.0836. The van der Waals surface area contributed by atoms with E-state index < -0.39 is 23.0 Å². The van der Waals surface area contributed by atoms with E-state index in [0.29, 0.717) is 35.1 Å². The topological polar surface area (TPSA) is 70.0 Å². The van der Waals surface area contributed by atoms with Gasteiger partial charge in [-0.2, -0.15) is 0 Å². The van der Waals surface area contributed by atoms with Crippen LogP contribution in [0.4, 0.5) is 14.5 Å². The first-order chi connectivity index (χ1) is 20.3. The Morgan fingerprint density at radius 1 is 0.881 bits per heavy atom. The normalized spacial score (nSPS) is 11.0. The number of amides is 1. The molecule has 10 heteroatoms. The summed E-state index contributed by atoms with van der Waals surface area (Å²) in [6, 6.07) is 13.2. The fourth-order valence-corrected chi connectivity index (χ4v) is 5.26. The number of fused-ring (bicyclic) bond motifs is 1. The summed E-state index contributed by atoms with van der Waals surface area (Å²) in [4.78, 5) is 28.7. The van der Waals surface area contributed by atoms with Gasteiger partial charge in [-0.05, 0) is 48.5 Å². The fraction of sp³-hybridized carbons (Fsp3) is 0.312. The average Bonchev–Trinajstić information content (AvgIpc) is 2.98. The van der Waals surface area contributed by atoms with Crippen LogP contribution in [0.15, 0.2) is 65.6 Å². The lowest BCUT2D eigenvalue weighted by molar-refractivity contribution is 0.0987. The summed E-state index contributed by atoms with van der Waals surface area (Å²) in [5.41, 5.74) is 0.410. The molecule has 4 rings (SSSR count). The molecule has 0 saturated carbocycles. The molecule has 0 aliphatic rings. The lowest BCUT2D eigenvalue weighted by Crippen LogP contribution is -2.35. The number of rotatable bonds is 13. The molecule has 0 fully saturated rings.